The summed E-state index contributed by atoms with van der Waals surface area (Å²) >= 11 is 0. The lowest BCUT2D eigenvalue weighted by atomic mass is 10.00. The minimum Gasteiger partial charge on any atom is -0.393 e. The molecule has 0 fully saturated rings. The highest BCUT2D eigenvalue weighted by Crippen LogP contribution is 2.15. The van der Waals surface area contributed by atoms with Gasteiger partial charge in [0.1, 0.15) is 0 Å². The number of aliphatic hydroxyl groups excluding tert-OH is 1. The number of aliphatic hydroxyl groups is 1. The summed E-state index contributed by atoms with van der Waals surface area (Å²) in [5.74, 6) is 0.627. The molecule has 0 saturated heterocycles. The topological polar surface area (TPSA) is 20.2 Å². The summed E-state index contributed by atoms with van der Waals surface area (Å²) in [5, 5.41) is 9.78. The molecule has 0 heterocycles. The number of hydrogen-bond acceptors (Lipinski definition) is 1. The molecule has 0 aliphatic carbocycles. The first-order chi connectivity index (χ1) is 9.66. The molecule has 1 heteroatoms. The Labute approximate surface area is 128 Å². The first-order valence-corrected chi connectivity index (χ1v) is 9.34. The van der Waals surface area contributed by atoms with E-state index >= 15 is 0 Å². The van der Waals surface area contributed by atoms with E-state index in [9.17, 15) is 5.11 Å². The Morgan fingerprint density at radius 2 is 1.05 bits per heavy atom. The molecule has 1 nitrogen and oxygen atoms in total. The molecular formula is C19H40O. The standard InChI is InChI=1S/C19H40O/c1-4-5-6-7-8-9-10-11-12-13-14-15-16-19(20)17-18(2)3/h18-20H,4-17H2,1-3H3. The van der Waals surface area contributed by atoms with Crippen molar-refractivity contribution in [1.29, 1.82) is 0 Å². The molecule has 1 N–H and O–H groups in total. The molecule has 1 atom stereocenters. The summed E-state index contributed by atoms with van der Waals surface area (Å²) in [4.78, 5) is 0. The van der Waals surface area contributed by atoms with Gasteiger partial charge < -0.3 is 5.11 Å². The van der Waals surface area contributed by atoms with Gasteiger partial charge in [-0.2, -0.15) is 0 Å². The summed E-state index contributed by atoms with van der Waals surface area (Å²) in [5.41, 5.74) is 0. The van der Waals surface area contributed by atoms with Crippen molar-refractivity contribution in [2.75, 3.05) is 0 Å². The van der Waals surface area contributed by atoms with E-state index in [-0.39, 0.29) is 6.10 Å². The molecule has 0 spiro atoms. The lowest BCUT2D eigenvalue weighted by molar-refractivity contribution is 0.136. The molecule has 0 aromatic carbocycles. The Hall–Kier alpha value is -0.0400. The highest BCUT2D eigenvalue weighted by atomic mass is 16.3. The van der Waals surface area contributed by atoms with Crippen LogP contribution in [0, 0.1) is 5.92 Å². The predicted molar refractivity (Wildman–Crippen MR) is 91.2 cm³/mol. The van der Waals surface area contributed by atoms with Crippen LogP contribution in [-0.2, 0) is 0 Å². The monoisotopic (exact) mass is 284 g/mol. The molecule has 20 heavy (non-hydrogen) atoms. The van der Waals surface area contributed by atoms with Gasteiger partial charge in [-0.05, 0) is 18.8 Å². The van der Waals surface area contributed by atoms with Gasteiger partial charge in [-0.1, -0.05) is 97.8 Å². The van der Waals surface area contributed by atoms with Gasteiger partial charge in [0.15, 0.2) is 0 Å². The van der Waals surface area contributed by atoms with E-state index in [0.717, 1.165) is 12.8 Å². The van der Waals surface area contributed by atoms with E-state index in [1.807, 2.05) is 0 Å². The van der Waals surface area contributed by atoms with Crippen molar-refractivity contribution >= 4 is 0 Å². The van der Waals surface area contributed by atoms with Crippen LogP contribution in [0.4, 0.5) is 0 Å². The zero-order valence-electron chi connectivity index (χ0n) is 14.5. The van der Waals surface area contributed by atoms with Gasteiger partial charge in [-0.3, -0.25) is 0 Å². The molecule has 0 radical (unpaired) electrons. The fourth-order valence-corrected chi connectivity index (χ4v) is 2.88. The second kappa shape index (κ2) is 15.4. The van der Waals surface area contributed by atoms with Crippen molar-refractivity contribution in [2.24, 2.45) is 5.92 Å². The van der Waals surface area contributed by atoms with Gasteiger partial charge in [-0.25, -0.2) is 0 Å². The second-order valence-corrected chi connectivity index (χ2v) is 6.96. The van der Waals surface area contributed by atoms with Gasteiger partial charge in [-0.15, -0.1) is 0 Å². The fraction of sp³-hybridized carbons (Fsp3) is 1.00. The van der Waals surface area contributed by atoms with Gasteiger partial charge in [0.2, 0.25) is 0 Å². The highest BCUT2D eigenvalue weighted by molar-refractivity contribution is 4.59. The van der Waals surface area contributed by atoms with E-state index in [2.05, 4.69) is 20.8 Å². The van der Waals surface area contributed by atoms with Crippen LogP contribution < -0.4 is 0 Å². The van der Waals surface area contributed by atoms with Gasteiger partial charge in [0.25, 0.3) is 0 Å². The van der Waals surface area contributed by atoms with Crippen LogP contribution >= 0.6 is 0 Å². The molecule has 0 aromatic rings. The molecule has 0 amide bonds. The Morgan fingerprint density at radius 1 is 0.650 bits per heavy atom. The van der Waals surface area contributed by atoms with E-state index < -0.39 is 0 Å². The van der Waals surface area contributed by atoms with Gasteiger partial charge in [0, 0.05) is 0 Å². The maximum Gasteiger partial charge on any atom is 0.0542 e. The molecule has 0 rings (SSSR count). The lowest BCUT2D eigenvalue weighted by Crippen LogP contribution is -2.09. The molecule has 0 aromatic heterocycles. The number of unbranched alkanes of at least 4 members (excludes halogenated alkanes) is 11. The quantitative estimate of drug-likeness (QED) is 0.341. The van der Waals surface area contributed by atoms with Gasteiger partial charge >= 0.3 is 0 Å². The van der Waals surface area contributed by atoms with Crippen molar-refractivity contribution in [3.63, 3.8) is 0 Å². The van der Waals surface area contributed by atoms with Crippen LogP contribution in [0.2, 0.25) is 0 Å². The SMILES string of the molecule is CCCCCCCCCCCCCCC(O)CC(C)C. The third-order valence-corrected chi connectivity index (χ3v) is 4.13. The first-order valence-electron chi connectivity index (χ1n) is 9.34. The van der Waals surface area contributed by atoms with Gasteiger partial charge in [0.05, 0.1) is 6.10 Å². The normalized spacial score (nSPS) is 13.1. The molecule has 0 saturated carbocycles. The Kier molecular flexibility index (Phi) is 15.3. The number of hydrogen-bond donors (Lipinski definition) is 1. The van der Waals surface area contributed by atoms with Crippen molar-refractivity contribution in [2.45, 2.75) is 117 Å². The minimum absolute atomic E-state index is 0.0573. The molecule has 122 valence electrons. The van der Waals surface area contributed by atoms with E-state index in [0.29, 0.717) is 5.92 Å². The first kappa shape index (κ1) is 20.0. The van der Waals surface area contributed by atoms with Crippen LogP contribution in [-0.4, -0.2) is 11.2 Å². The van der Waals surface area contributed by atoms with E-state index in [1.165, 1.54) is 77.0 Å². The van der Waals surface area contributed by atoms with Crippen LogP contribution in [0.1, 0.15) is 111 Å². The maximum absolute atomic E-state index is 9.78. The minimum atomic E-state index is -0.0573. The van der Waals surface area contributed by atoms with Crippen molar-refractivity contribution in [3.8, 4) is 0 Å². The third-order valence-electron chi connectivity index (χ3n) is 4.13. The van der Waals surface area contributed by atoms with Crippen molar-refractivity contribution in [1.82, 2.24) is 0 Å². The summed E-state index contributed by atoms with van der Waals surface area (Å²) in [6, 6.07) is 0. The smallest absolute Gasteiger partial charge is 0.0542 e. The molecule has 0 bridgehead atoms. The molecule has 1 unspecified atom stereocenters. The summed E-state index contributed by atoms with van der Waals surface area (Å²) in [6.07, 6.45) is 18.6. The van der Waals surface area contributed by atoms with Crippen LogP contribution in [0.3, 0.4) is 0 Å². The second-order valence-electron chi connectivity index (χ2n) is 6.96. The largest absolute Gasteiger partial charge is 0.393 e. The highest BCUT2D eigenvalue weighted by Gasteiger charge is 2.05. The number of rotatable bonds is 15. The summed E-state index contributed by atoms with van der Waals surface area (Å²) in [6.45, 7) is 6.65. The summed E-state index contributed by atoms with van der Waals surface area (Å²) in [7, 11) is 0. The van der Waals surface area contributed by atoms with E-state index in [1.54, 1.807) is 0 Å². The van der Waals surface area contributed by atoms with Crippen molar-refractivity contribution < 1.29 is 5.11 Å². The predicted octanol–water partition coefficient (Wildman–Crippen LogP) is 6.48. The van der Waals surface area contributed by atoms with Crippen LogP contribution in [0.15, 0.2) is 0 Å². The lowest BCUT2D eigenvalue weighted by Gasteiger charge is -2.12. The fourth-order valence-electron chi connectivity index (χ4n) is 2.88. The zero-order valence-corrected chi connectivity index (χ0v) is 14.5. The third kappa shape index (κ3) is 16.0. The molecule has 0 aliphatic heterocycles. The van der Waals surface area contributed by atoms with Crippen molar-refractivity contribution in [3.05, 3.63) is 0 Å². The van der Waals surface area contributed by atoms with Crippen LogP contribution in [0.25, 0.3) is 0 Å². The molecule has 0 aliphatic rings. The summed E-state index contributed by atoms with van der Waals surface area (Å²) < 4.78 is 0. The van der Waals surface area contributed by atoms with Crippen LogP contribution in [0.5, 0.6) is 0 Å². The maximum atomic E-state index is 9.78. The molecular weight excluding hydrogens is 244 g/mol. The average molecular weight is 285 g/mol. The average Bonchev–Trinajstić information content (AvgIpc) is 2.39. The Bertz CT molecular complexity index is 177. The Morgan fingerprint density at radius 3 is 1.45 bits per heavy atom. The Balaban J connectivity index is 3.06. The van der Waals surface area contributed by atoms with E-state index in [4.69, 9.17) is 0 Å². The zero-order chi connectivity index (χ0) is 15.1.